The molecular weight excluding hydrogens is 248 g/mol. The maximum atomic E-state index is 12.2. The summed E-state index contributed by atoms with van der Waals surface area (Å²) in [6.07, 6.45) is 4.07. The van der Waals surface area contributed by atoms with E-state index < -0.39 is 11.9 Å². The largest absolute Gasteiger partial charge is 0.478 e. The normalized spacial score (nSPS) is 10.2. The second-order valence-electron chi connectivity index (χ2n) is 3.97. The van der Waals surface area contributed by atoms with Gasteiger partial charge in [-0.05, 0) is 18.2 Å². The van der Waals surface area contributed by atoms with Gasteiger partial charge in [0.1, 0.15) is 5.76 Å². The van der Waals surface area contributed by atoms with Crippen molar-refractivity contribution in [3.63, 3.8) is 0 Å². The fourth-order valence-electron chi connectivity index (χ4n) is 1.67. The van der Waals surface area contributed by atoms with Crippen molar-refractivity contribution in [2.45, 2.75) is 6.54 Å². The zero-order valence-corrected chi connectivity index (χ0v) is 10.2. The second-order valence-corrected chi connectivity index (χ2v) is 3.97. The van der Waals surface area contributed by atoms with E-state index in [-0.39, 0.29) is 17.7 Å². The highest BCUT2D eigenvalue weighted by atomic mass is 16.4. The maximum Gasteiger partial charge on any atom is 0.338 e. The molecule has 0 saturated heterocycles. The van der Waals surface area contributed by atoms with Crippen LogP contribution in [0.25, 0.3) is 0 Å². The Morgan fingerprint density at radius 2 is 2.16 bits per heavy atom. The van der Waals surface area contributed by atoms with E-state index in [0.29, 0.717) is 5.76 Å². The monoisotopic (exact) mass is 260 g/mol. The van der Waals surface area contributed by atoms with Gasteiger partial charge in [0.15, 0.2) is 0 Å². The minimum atomic E-state index is -1.18. The molecule has 0 radical (unpaired) electrons. The number of hydrogen-bond acceptors (Lipinski definition) is 4. The van der Waals surface area contributed by atoms with Crippen molar-refractivity contribution in [1.82, 2.24) is 9.88 Å². The molecule has 0 aromatic carbocycles. The fourth-order valence-corrected chi connectivity index (χ4v) is 1.67. The lowest BCUT2D eigenvalue weighted by Crippen LogP contribution is -2.27. The van der Waals surface area contributed by atoms with Gasteiger partial charge in [0.25, 0.3) is 5.91 Å². The van der Waals surface area contributed by atoms with E-state index in [4.69, 9.17) is 9.52 Å². The Morgan fingerprint density at radius 1 is 1.37 bits per heavy atom. The lowest BCUT2D eigenvalue weighted by molar-refractivity contribution is 0.0678. The van der Waals surface area contributed by atoms with Crippen LogP contribution in [0, 0.1) is 0 Å². The van der Waals surface area contributed by atoms with Crippen LogP contribution in [0.2, 0.25) is 0 Å². The first-order valence-corrected chi connectivity index (χ1v) is 5.54. The Balaban J connectivity index is 2.22. The van der Waals surface area contributed by atoms with E-state index in [1.54, 1.807) is 19.2 Å². The summed E-state index contributed by atoms with van der Waals surface area (Å²) in [5.74, 6) is -0.944. The van der Waals surface area contributed by atoms with E-state index in [1.165, 1.54) is 23.4 Å². The first-order chi connectivity index (χ1) is 9.09. The Labute approximate surface area is 109 Å². The smallest absolute Gasteiger partial charge is 0.338 e. The number of rotatable bonds is 4. The highest BCUT2D eigenvalue weighted by Gasteiger charge is 2.20. The first-order valence-electron chi connectivity index (χ1n) is 5.54. The summed E-state index contributed by atoms with van der Waals surface area (Å²) >= 11 is 0. The molecule has 1 amide bonds. The predicted octanol–water partition coefficient (Wildman–Crippen LogP) is 1.65. The van der Waals surface area contributed by atoms with Gasteiger partial charge in [0, 0.05) is 19.4 Å². The Morgan fingerprint density at radius 3 is 2.79 bits per heavy atom. The lowest BCUT2D eigenvalue weighted by Gasteiger charge is -2.16. The Kier molecular flexibility index (Phi) is 3.61. The summed E-state index contributed by atoms with van der Waals surface area (Å²) < 4.78 is 5.15. The van der Waals surface area contributed by atoms with E-state index in [9.17, 15) is 9.59 Å². The number of amides is 1. The van der Waals surface area contributed by atoms with Gasteiger partial charge in [-0.3, -0.25) is 9.78 Å². The van der Waals surface area contributed by atoms with Gasteiger partial charge in [-0.1, -0.05) is 0 Å². The highest BCUT2D eigenvalue weighted by Crippen LogP contribution is 2.12. The van der Waals surface area contributed by atoms with Crippen molar-refractivity contribution >= 4 is 11.9 Å². The minimum Gasteiger partial charge on any atom is -0.478 e. The molecule has 2 rings (SSSR count). The zero-order chi connectivity index (χ0) is 13.8. The molecule has 2 aromatic rings. The number of carboxylic acid groups (broad SMARTS) is 1. The van der Waals surface area contributed by atoms with Gasteiger partial charge >= 0.3 is 5.97 Å². The fraction of sp³-hybridized carbons (Fsp3) is 0.154. The van der Waals surface area contributed by atoms with Gasteiger partial charge in [-0.2, -0.15) is 0 Å². The van der Waals surface area contributed by atoms with Crippen LogP contribution in [0.15, 0.2) is 41.3 Å². The van der Waals surface area contributed by atoms with Crippen molar-refractivity contribution in [2.75, 3.05) is 7.05 Å². The number of carbonyl (C=O) groups is 2. The molecule has 0 fully saturated rings. The average molecular weight is 260 g/mol. The van der Waals surface area contributed by atoms with Crippen LogP contribution in [0.4, 0.5) is 0 Å². The summed E-state index contributed by atoms with van der Waals surface area (Å²) in [6, 6.07) is 4.86. The molecule has 19 heavy (non-hydrogen) atoms. The van der Waals surface area contributed by atoms with E-state index in [0.717, 1.165) is 6.20 Å². The Hall–Kier alpha value is -2.63. The quantitative estimate of drug-likeness (QED) is 0.903. The molecule has 1 N–H and O–H groups in total. The van der Waals surface area contributed by atoms with Gasteiger partial charge < -0.3 is 14.4 Å². The zero-order valence-electron chi connectivity index (χ0n) is 10.2. The lowest BCUT2D eigenvalue weighted by atomic mass is 10.1. The number of pyridine rings is 1. The van der Waals surface area contributed by atoms with Crippen molar-refractivity contribution in [1.29, 1.82) is 0 Å². The van der Waals surface area contributed by atoms with E-state index in [2.05, 4.69) is 4.98 Å². The molecule has 0 aliphatic carbocycles. The highest BCUT2D eigenvalue weighted by molar-refractivity contribution is 6.04. The molecule has 2 aromatic heterocycles. The molecule has 0 atom stereocenters. The number of hydrogen-bond donors (Lipinski definition) is 1. The number of furan rings is 1. The van der Waals surface area contributed by atoms with E-state index in [1.807, 2.05) is 0 Å². The molecule has 0 bridgehead atoms. The molecule has 0 saturated carbocycles. The summed E-state index contributed by atoms with van der Waals surface area (Å²) in [4.78, 5) is 28.3. The van der Waals surface area contributed by atoms with Gasteiger partial charge in [-0.25, -0.2) is 4.79 Å². The first kappa shape index (κ1) is 12.8. The molecule has 0 aliphatic rings. The molecule has 6 nitrogen and oxygen atoms in total. The number of aromatic nitrogens is 1. The van der Waals surface area contributed by atoms with Crippen LogP contribution in [0.1, 0.15) is 26.5 Å². The second kappa shape index (κ2) is 5.34. The van der Waals surface area contributed by atoms with Crippen LogP contribution in [0.5, 0.6) is 0 Å². The standard InChI is InChI=1S/C13H12N2O4/c1-15(8-9-3-2-6-19-9)12(16)10-4-5-14-7-11(10)13(17)18/h2-7H,8H2,1H3,(H,17,18). The summed E-state index contributed by atoms with van der Waals surface area (Å²) in [6.45, 7) is 0.271. The SMILES string of the molecule is CN(Cc1ccco1)C(=O)c1ccncc1C(=O)O. The molecular formula is C13H12N2O4. The van der Waals surface area contributed by atoms with Crippen LogP contribution in [-0.2, 0) is 6.54 Å². The molecule has 0 spiro atoms. The number of carbonyl (C=O) groups excluding carboxylic acids is 1. The molecule has 0 aliphatic heterocycles. The van der Waals surface area contributed by atoms with Crippen molar-refractivity contribution in [3.05, 3.63) is 53.7 Å². The third-order valence-electron chi connectivity index (χ3n) is 2.60. The van der Waals surface area contributed by atoms with E-state index >= 15 is 0 Å². The van der Waals surface area contributed by atoms with Gasteiger partial charge in [-0.15, -0.1) is 0 Å². The van der Waals surface area contributed by atoms with Crippen molar-refractivity contribution < 1.29 is 19.1 Å². The number of nitrogens with zero attached hydrogens (tertiary/aromatic N) is 2. The van der Waals surface area contributed by atoms with Gasteiger partial charge in [0.2, 0.25) is 0 Å². The molecule has 6 heteroatoms. The number of aromatic carboxylic acids is 1. The predicted molar refractivity (Wildman–Crippen MR) is 65.7 cm³/mol. The van der Waals surface area contributed by atoms with Crippen LogP contribution >= 0.6 is 0 Å². The van der Waals surface area contributed by atoms with Crippen LogP contribution < -0.4 is 0 Å². The van der Waals surface area contributed by atoms with Crippen LogP contribution in [0.3, 0.4) is 0 Å². The van der Waals surface area contributed by atoms with Gasteiger partial charge in [0.05, 0.1) is 23.9 Å². The summed E-state index contributed by atoms with van der Waals surface area (Å²) in [5.41, 5.74) is -0.00430. The molecule has 0 unspecified atom stereocenters. The average Bonchev–Trinajstić information content (AvgIpc) is 2.90. The summed E-state index contributed by atoms with van der Waals surface area (Å²) in [5, 5.41) is 9.02. The van der Waals surface area contributed by atoms with Crippen molar-refractivity contribution in [3.8, 4) is 0 Å². The Bertz CT molecular complexity index is 592. The maximum absolute atomic E-state index is 12.2. The number of carboxylic acids is 1. The van der Waals surface area contributed by atoms with Crippen LogP contribution in [-0.4, -0.2) is 33.9 Å². The summed E-state index contributed by atoms with van der Waals surface area (Å²) in [7, 11) is 1.58. The van der Waals surface area contributed by atoms with Crippen molar-refractivity contribution in [2.24, 2.45) is 0 Å². The molecule has 98 valence electrons. The minimum absolute atomic E-state index is 0.108. The third-order valence-corrected chi connectivity index (χ3v) is 2.60. The topological polar surface area (TPSA) is 83.6 Å². The molecule has 2 heterocycles. The third kappa shape index (κ3) is 2.79.